The Balaban J connectivity index is 1.73. The predicted molar refractivity (Wildman–Crippen MR) is 63.5 cm³/mol. The topological polar surface area (TPSA) is 72.6 Å². The number of hydrogen-bond acceptors (Lipinski definition) is 4. The van der Waals surface area contributed by atoms with E-state index in [1.807, 2.05) is 24.3 Å². The van der Waals surface area contributed by atoms with Gasteiger partial charge in [0.2, 0.25) is 11.8 Å². The van der Waals surface area contributed by atoms with Crippen molar-refractivity contribution in [2.24, 2.45) is 17.6 Å². The first kappa shape index (κ1) is 11.2. The molecule has 2 unspecified atom stereocenters. The zero-order chi connectivity index (χ0) is 12.9. The van der Waals surface area contributed by atoms with Gasteiger partial charge in [-0.1, -0.05) is 12.1 Å². The predicted octanol–water partition coefficient (Wildman–Crippen LogP) is 0.137. The average molecular weight is 246 g/mol. The number of imide groups is 1. The Kier molecular flexibility index (Phi) is 2.38. The fraction of sp³-hybridized carbons (Fsp3) is 0.385. The number of carbonyl (C=O) groups is 2. The SMILES string of the molecule is COc1ccc(CN2C(=O)C3C(N)C3C2=O)cc1. The first-order valence-corrected chi connectivity index (χ1v) is 5.87. The number of rotatable bonds is 3. The fourth-order valence-electron chi connectivity index (χ4n) is 2.51. The van der Waals surface area contributed by atoms with Crippen molar-refractivity contribution in [2.75, 3.05) is 7.11 Å². The second kappa shape index (κ2) is 3.81. The lowest BCUT2D eigenvalue weighted by Crippen LogP contribution is -2.36. The molecule has 2 atom stereocenters. The van der Waals surface area contributed by atoms with Gasteiger partial charge in [-0.2, -0.15) is 0 Å². The molecule has 2 aliphatic rings. The van der Waals surface area contributed by atoms with E-state index in [1.165, 1.54) is 4.90 Å². The molecule has 1 aliphatic heterocycles. The van der Waals surface area contributed by atoms with Gasteiger partial charge in [-0.15, -0.1) is 0 Å². The van der Waals surface area contributed by atoms with E-state index in [0.29, 0.717) is 6.54 Å². The molecule has 1 saturated heterocycles. The molecule has 0 bridgehead atoms. The van der Waals surface area contributed by atoms with Crippen LogP contribution in [-0.4, -0.2) is 29.9 Å². The summed E-state index contributed by atoms with van der Waals surface area (Å²) in [6.45, 7) is 0.321. The fourth-order valence-corrected chi connectivity index (χ4v) is 2.51. The molecule has 0 radical (unpaired) electrons. The van der Waals surface area contributed by atoms with Crippen molar-refractivity contribution in [2.45, 2.75) is 12.6 Å². The van der Waals surface area contributed by atoms with Crippen LogP contribution in [0, 0.1) is 11.8 Å². The lowest BCUT2D eigenvalue weighted by molar-refractivity contribution is -0.142. The summed E-state index contributed by atoms with van der Waals surface area (Å²) < 4.78 is 5.06. The first-order valence-electron chi connectivity index (χ1n) is 5.87. The van der Waals surface area contributed by atoms with Gasteiger partial charge in [0.25, 0.3) is 0 Å². The van der Waals surface area contributed by atoms with Crippen molar-refractivity contribution in [1.29, 1.82) is 0 Å². The monoisotopic (exact) mass is 246 g/mol. The summed E-state index contributed by atoms with van der Waals surface area (Å²) in [5.74, 6) is -0.0455. The van der Waals surface area contributed by atoms with E-state index in [1.54, 1.807) is 7.11 Å². The van der Waals surface area contributed by atoms with Crippen LogP contribution in [0.3, 0.4) is 0 Å². The number of amides is 2. The maximum Gasteiger partial charge on any atom is 0.235 e. The number of likely N-dealkylation sites (tertiary alicyclic amines) is 1. The van der Waals surface area contributed by atoms with E-state index in [-0.39, 0.29) is 29.7 Å². The quantitative estimate of drug-likeness (QED) is 0.770. The lowest BCUT2D eigenvalue weighted by Gasteiger charge is -2.17. The molecule has 2 N–H and O–H groups in total. The Labute approximate surface area is 105 Å². The molecular weight excluding hydrogens is 232 g/mol. The average Bonchev–Trinajstić information content (AvgIpc) is 2.99. The summed E-state index contributed by atoms with van der Waals surface area (Å²) in [5, 5.41) is 0. The van der Waals surface area contributed by atoms with Gasteiger partial charge in [0, 0.05) is 6.04 Å². The molecule has 0 aromatic heterocycles. The molecular formula is C13H14N2O3. The zero-order valence-electron chi connectivity index (χ0n) is 10.00. The zero-order valence-corrected chi connectivity index (χ0v) is 10.00. The maximum atomic E-state index is 11.9. The molecule has 2 amide bonds. The van der Waals surface area contributed by atoms with E-state index in [4.69, 9.17) is 10.5 Å². The van der Waals surface area contributed by atoms with Gasteiger partial charge in [0.1, 0.15) is 5.75 Å². The summed E-state index contributed by atoms with van der Waals surface area (Å²) in [6, 6.07) is 7.07. The number of fused-ring (bicyclic) bond motifs is 1. The van der Waals surface area contributed by atoms with Crippen LogP contribution in [-0.2, 0) is 16.1 Å². The van der Waals surface area contributed by atoms with Gasteiger partial charge in [-0.25, -0.2) is 0 Å². The molecule has 1 aliphatic carbocycles. The molecule has 2 fully saturated rings. The van der Waals surface area contributed by atoms with Crippen LogP contribution in [0.25, 0.3) is 0 Å². The van der Waals surface area contributed by atoms with Gasteiger partial charge in [-0.05, 0) is 17.7 Å². The van der Waals surface area contributed by atoms with Crippen LogP contribution in [0.5, 0.6) is 5.75 Å². The van der Waals surface area contributed by atoms with Crippen LogP contribution >= 0.6 is 0 Å². The molecule has 5 heteroatoms. The minimum Gasteiger partial charge on any atom is -0.497 e. The minimum atomic E-state index is -0.268. The van der Waals surface area contributed by atoms with Gasteiger partial charge in [0.05, 0.1) is 25.5 Å². The van der Waals surface area contributed by atoms with E-state index in [0.717, 1.165) is 11.3 Å². The Morgan fingerprint density at radius 3 is 2.22 bits per heavy atom. The number of carbonyl (C=O) groups excluding carboxylic acids is 2. The molecule has 1 heterocycles. The summed E-state index contributed by atoms with van der Waals surface area (Å²) in [4.78, 5) is 25.1. The number of nitrogens with zero attached hydrogens (tertiary/aromatic N) is 1. The number of methoxy groups -OCH3 is 1. The Morgan fingerprint density at radius 2 is 1.72 bits per heavy atom. The van der Waals surface area contributed by atoms with Crippen LogP contribution in [0.1, 0.15) is 5.56 Å². The number of benzene rings is 1. The molecule has 3 rings (SSSR count). The van der Waals surface area contributed by atoms with Gasteiger partial charge >= 0.3 is 0 Å². The Bertz CT molecular complexity index is 489. The normalized spacial score (nSPS) is 29.4. The molecule has 1 aromatic carbocycles. The molecule has 5 nitrogen and oxygen atoms in total. The van der Waals surface area contributed by atoms with E-state index in [2.05, 4.69) is 0 Å². The van der Waals surface area contributed by atoms with Gasteiger partial charge in [0.15, 0.2) is 0 Å². The van der Waals surface area contributed by atoms with Crippen molar-refractivity contribution in [1.82, 2.24) is 4.90 Å². The van der Waals surface area contributed by atoms with Gasteiger partial charge < -0.3 is 10.5 Å². The number of hydrogen-bond donors (Lipinski definition) is 1. The highest BCUT2D eigenvalue weighted by atomic mass is 16.5. The molecule has 18 heavy (non-hydrogen) atoms. The third-order valence-electron chi connectivity index (χ3n) is 3.68. The third kappa shape index (κ3) is 1.51. The largest absolute Gasteiger partial charge is 0.497 e. The highest BCUT2D eigenvalue weighted by Gasteiger charge is 2.65. The minimum absolute atomic E-state index is 0.131. The third-order valence-corrected chi connectivity index (χ3v) is 3.68. The standard InChI is InChI=1S/C13H14N2O3/c1-18-8-4-2-7(3-5-8)6-15-12(16)9-10(11(9)14)13(15)17/h2-5,9-11H,6,14H2,1H3. The second-order valence-corrected chi connectivity index (χ2v) is 4.74. The van der Waals surface area contributed by atoms with Crippen LogP contribution in [0.4, 0.5) is 0 Å². The highest BCUT2D eigenvalue weighted by molar-refractivity contribution is 6.10. The second-order valence-electron chi connectivity index (χ2n) is 4.74. The van der Waals surface area contributed by atoms with Crippen molar-refractivity contribution in [3.05, 3.63) is 29.8 Å². The summed E-state index contributed by atoms with van der Waals surface area (Å²) >= 11 is 0. The van der Waals surface area contributed by atoms with Crippen molar-refractivity contribution in [3.63, 3.8) is 0 Å². The number of nitrogens with two attached hydrogens (primary N) is 1. The van der Waals surface area contributed by atoms with Crippen LogP contribution in [0.15, 0.2) is 24.3 Å². The van der Waals surface area contributed by atoms with Crippen molar-refractivity contribution >= 4 is 11.8 Å². The number of ether oxygens (including phenoxy) is 1. The Hall–Kier alpha value is -1.88. The van der Waals surface area contributed by atoms with Crippen molar-refractivity contribution in [3.8, 4) is 5.75 Å². The lowest BCUT2D eigenvalue weighted by atomic mass is 10.2. The van der Waals surface area contributed by atoms with Crippen LogP contribution in [0.2, 0.25) is 0 Å². The molecule has 1 saturated carbocycles. The highest BCUT2D eigenvalue weighted by Crippen LogP contribution is 2.46. The molecule has 94 valence electrons. The summed E-state index contributed by atoms with van der Waals surface area (Å²) in [7, 11) is 1.59. The van der Waals surface area contributed by atoms with Crippen molar-refractivity contribution < 1.29 is 14.3 Å². The number of piperidine rings is 1. The van der Waals surface area contributed by atoms with E-state index >= 15 is 0 Å². The smallest absolute Gasteiger partial charge is 0.235 e. The summed E-state index contributed by atoms with van der Waals surface area (Å²) in [5.41, 5.74) is 6.57. The maximum absolute atomic E-state index is 11.9. The van der Waals surface area contributed by atoms with Gasteiger partial charge in [-0.3, -0.25) is 14.5 Å². The summed E-state index contributed by atoms with van der Waals surface area (Å²) in [6.07, 6.45) is 0. The molecule has 0 spiro atoms. The van der Waals surface area contributed by atoms with Crippen LogP contribution < -0.4 is 10.5 Å². The Morgan fingerprint density at radius 1 is 1.17 bits per heavy atom. The van der Waals surface area contributed by atoms with E-state index < -0.39 is 0 Å². The molecule has 1 aromatic rings. The first-order chi connectivity index (χ1) is 8.63. The van der Waals surface area contributed by atoms with E-state index in [9.17, 15) is 9.59 Å².